The minimum absolute atomic E-state index is 0.217. The number of carboxylic acids is 1. The summed E-state index contributed by atoms with van der Waals surface area (Å²) in [5.41, 5.74) is 2.96. The molecule has 0 aromatic heterocycles. The van der Waals surface area contributed by atoms with Gasteiger partial charge in [0.1, 0.15) is 0 Å². The summed E-state index contributed by atoms with van der Waals surface area (Å²) in [6.07, 6.45) is 13.5. The summed E-state index contributed by atoms with van der Waals surface area (Å²) in [6.45, 7) is 5.96. The molecule has 0 bridgehead atoms. The third-order valence-electron chi connectivity index (χ3n) is 7.42. The zero-order valence-corrected chi connectivity index (χ0v) is 16.9. The molecule has 0 amide bonds. The maximum atomic E-state index is 11.5. The van der Waals surface area contributed by atoms with Crippen LogP contribution in [0.1, 0.15) is 81.8 Å². The predicted octanol–water partition coefficient (Wildman–Crippen LogP) is 6.61. The average molecular weight is 369 g/mol. The van der Waals surface area contributed by atoms with Crippen LogP contribution in [0.2, 0.25) is 0 Å². The number of aliphatic carboxylic acids is 1. The van der Waals surface area contributed by atoms with Gasteiger partial charge in [0.05, 0.1) is 5.92 Å². The van der Waals surface area contributed by atoms with E-state index in [9.17, 15) is 9.90 Å². The van der Waals surface area contributed by atoms with Crippen molar-refractivity contribution < 1.29 is 9.90 Å². The van der Waals surface area contributed by atoms with Crippen molar-refractivity contribution in [2.45, 2.75) is 77.0 Å². The fourth-order valence-corrected chi connectivity index (χ4v) is 5.64. The molecule has 2 fully saturated rings. The largest absolute Gasteiger partial charge is 0.481 e. The Kier molecular flexibility index (Phi) is 7.15. The van der Waals surface area contributed by atoms with Gasteiger partial charge in [-0.25, -0.2) is 0 Å². The number of benzene rings is 1. The van der Waals surface area contributed by atoms with E-state index in [0.29, 0.717) is 12.3 Å². The molecule has 0 saturated heterocycles. The molecule has 0 heterocycles. The summed E-state index contributed by atoms with van der Waals surface area (Å²) in [6, 6.07) is 9.29. The number of carbonyl (C=O) groups is 1. The highest BCUT2D eigenvalue weighted by molar-refractivity contribution is 5.70. The molecule has 2 nitrogen and oxygen atoms in total. The number of carboxylic acid groups (broad SMARTS) is 1. The Hall–Kier alpha value is -1.57. The van der Waals surface area contributed by atoms with Gasteiger partial charge in [0.2, 0.25) is 0 Å². The van der Waals surface area contributed by atoms with Crippen LogP contribution in [-0.2, 0) is 11.2 Å². The van der Waals surface area contributed by atoms with E-state index in [0.717, 1.165) is 37.0 Å². The molecule has 2 saturated carbocycles. The number of aryl methyl sites for hydroxylation is 1. The minimum Gasteiger partial charge on any atom is -0.481 e. The average Bonchev–Trinajstić information content (AvgIpc) is 2.72. The van der Waals surface area contributed by atoms with E-state index in [-0.39, 0.29) is 5.92 Å². The van der Waals surface area contributed by atoms with Crippen LogP contribution in [0.15, 0.2) is 36.9 Å². The van der Waals surface area contributed by atoms with Crippen molar-refractivity contribution in [1.82, 2.24) is 0 Å². The summed E-state index contributed by atoms with van der Waals surface area (Å²) in [5, 5.41) is 9.49. The van der Waals surface area contributed by atoms with E-state index in [1.54, 1.807) is 6.08 Å². The molecule has 3 rings (SSSR count). The molecule has 1 unspecified atom stereocenters. The Bertz CT molecular complexity index is 602. The van der Waals surface area contributed by atoms with E-state index < -0.39 is 5.97 Å². The molecule has 0 spiro atoms. The maximum absolute atomic E-state index is 11.5. The molecule has 1 aromatic rings. The lowest BCUT2D eigenvalue weighted by atomic mass is 9.66. The summed E-state index contributed by atoms with van der Waals surface area (Å²) >= 11 is 0. The molecule has 2 heteroatoms. The van der Waals surface area contributed by atoms with Crippen molar-refractivity contribution in [3.05, 3.63) is 48.0 Å². The van der Waals surface area contributed by atoms with Crippen LogP contribution in [0, 0.1) is 23.7 Å². The van der Waals surface area contributed by atoms with Gasteiger partial charge in [-0.1, -0.05) is 37.3 Å². The Labute approximate surface area is 165 Å². The number of rotatable bonds is 7. The molecule has 1 atom stereocenters. The second-order valence-corrected chi connectivity index (χ2v) is 8.85. The van der Waals surface area contributed by atoms with Gasteiger partial charge in [-0.3, -0.25) is 4.79 Å². The second kappa shape index (κ2) is 9.57. The van der Waals surface area contributed by atoms with Crippen molar-refractivity contribution in [1.29, 1.82) is 0 Å². The molecule has 2 aliphatic carbocycles. The zero-order chi connectivity index (χ0) is 19.2. The second-order valence-electron chi connectivity index (χ2n) is 8.85. The lowest BCUT2D eigenvalue weighted by Crippen LogP contribution is -2.30. The number of hydrogen-bond acceptors (Lipinski definition) is 1. The van der Waals surface area contributed by atoms with Gasteiger partial charge in [-0.05, 0) is 99.0 Å². The van der Waals surface area contributed by atoms with Gasteiger partial charge in [0.15, 0.2) is 0 Å². The van der Waals surface area contributed by atoms with E-state index in [1.165, 1.54) is 49.7 Å². The Morgan fingerprint density at radius 3 is 2.07 bits per heavy atom. The summed E-state index contributed by atoms with van der Waals surface area (Å²) < 4.78 is 0. The van der Waals surface area contributed by atoms with Gasteiger partial charge in [-0.15, -0.1) is 6.58 Å². The molecule has 1 aromatic carbocycles. The van der Waals surface area contributed by atoms with Crippen molar-refractivity contribution in [2.75, 3.05) is 0 Å². The quantitative estimate of drug-likeness (QED) is 0.550. The zero-order valence-electron chi connectivity index (χ0n) is 16.9. The van der Waals surface area contributed by atoms with Crippen molar-refractivity contribution in [3.8, 4) is 0 Å². The van der Waals surface area contributed by atoms with Crippen molar-refractivity contribution in [3.63, 3.8) is 0 Å². The maximum Gasteiger partial charge on any atom is 0.307 e. The summed E-state index contributed by atoms with van der Waals surface area (Å²) in [7, 11) is 0. The molecule has 0 radical (unpaired) electrons. The Balaban J connectivity index is 1.47. The molecule has 27 heavy (non-hydrogen) atoms. The van der Waals surface area contributed by atoms with Crippen LogP contribution < -0.4 is 0 Å². The Morgan fingerprint density at radius 1 is 1.04 bits per heavy atom. The van der Waals surface area contributed by atoms with Gasteiger partial charge in [0, 0.05) is 0 Å². The standard InChI is InChI=1S/C25H36O2/c1-3-5-24(25(26)27)23-16-14-22(15-17-23)21-12-10-20(11-13-21)19-8-6-18(4-2)7-9-19/h3,6-9,20-24H,1,4-5,10-17H2,2H3,(H,26,27)/t20-,21-,22?,23?,24?. The van der Waals surface area contributed by atoms with Crippen LogP contribution in [0.4, 0.5) is 0 Å². The highest BCUT2D eigenvalue weighted by Crippen LogP contribution is 2.45. The first-order chi connectivity index (χ1) is 13.1. The summed E-state index contributed by atoms with van der Waals surface area (Å²) in [5.74, 6) is 1.93. The molecular formula is C25H36O2. The first kappa shape index (κ1) is 20.2. The van der Waals surface area contributed by atoms with Crippen LogP contribution in [-0.4, -0.2) is 11.1 Å². The van der Waals surface area contributed by atoms with Gasteiger partial charge in [-0.2, -0.15) is 0 Å². The molecular weight excluding hydrogens is 332 g/mol. The van der Waals surface area contributed by atoms with E-state index in [4.69, 9.17) is 0 Å². The highest BCUT2D eigenvalue weighted by atomic mass is 16.4. The van der Waals surface area contributed by atoms with Gasteiger partial charge in [0.25, 0.3) is 0 Å². The van der Waals surface area contributed by atoms with Crippen LogP contribution >= 0.6 is 0 Å². The summed E-state index contributed by atoms with van der Waals surface area (Å²) in [4.78, 5) is 11.5. The van der Waals surface area contributed by atoms with Crippen molar-refractivity contribution >= 4 is 5.97 Å². The van der Waals surface area contributed by atoms with Crippen LogP contribution in [0.3, 0.4) is 0 Å². The minimum atomic E-state index is -0.632. The molecule has 0 aliphatic heterocycles. The lowest BCUT2D eigenvalue weighted by Gasteiger charge is -2.39. The number of hydrogen-bond donors (Lipinski definition) is 1. The predicted molar refractivity (Wildman–Crippen MR) is 112 cm³/mol. The molecule has 2 aliphatic rings. The van der Waals surface area contributed by atoms with Crippen LogP contribution in [0.25, 0.3) is 0 Å². The first-order valence-corrected chi connectivity index (χ1v) is 11.0. The van der Waals surface area contributed by atoms with Crippen molar-refractivity contribution in [2.24, 2.45) is 23.7 Å². The third kappa shape index (κ3) is 5.03. The fourth-order valence-electron chi connectivity index (χ4n) is 5.64. The fraction of sp³-hybridized carbons (Fsp3) is 0.640. The van der Waals surface area contributed by atoms with E-state index in [1.807, 2.05) is 0 Å². The van der Waals surface area contributed by atoms with E-state index >= 15 is 0 Å². The van der Waals surface area contributed by atoms with E-state index in [2.05, 4.69) is 37.8 Å². The molecule has 148 valence electrons. The topological polar surface area (TPSA) is 37.3 Å². The monoisotopic (exact) mass is 368 g/mol. The third-order valence-corrected chi connectivity index (χ3v) is 7.42. The normalized spacial score (nSPS) is 29.8. The first-order valence-electron chi connectivity index (χ1n) is 11.0. The molecule has 1 N–H and O–H groups in total. The smallest absolute Gasteiger partial charge is 0.307 e. The SMILES string of the molecule is C=CCC(C(=O)O)C1CCC([C@H]2CC[C@H](c3ccc(CC)cc3)CC2)CC1. The number of allylic oxidation sites excluding steroid dienone is 1. The van der Waals surface area contributed by atoms with Crippen LogP contribution in [0.5, 0.6) is 0 Å². The lowest BCUT2D eigenvalue weighted by molar-refractivity contribution is -0.144. The highest BCUT2D eigenvalue weighted by Gasteiger charge is 2.35. The van der Waals surface area contributed by atoms with Gasteiger partial charge >= 0.3 is 5.97 Å². The van der Waals surface area contributed by atoms with Gasteiger partial charge < -0.3 is 5.11 Å². The Morgan fingerprint density at radius 2 is 1.59 bits per heavy atom.